The number of rotatable bonds is 6. The van der Waals surface area contributed by atoms with Crippen LogP contribution in [0.5, 0.6) is 0 Å². The van der Waals surface area contributed by atoms with Crippen molar-refractivity contribution in [2.45, 2.75) is 76.1 Å². The Morgan fingerprint density at radius 2 is 1.81 bits per heavy atom. The van der Waals surface area contributed by atoms with E-state index >= 15 is 0 Å². The molecule has 4 rings (SSSR count). The highest BCUT2D eigenvalue weighted by Crippen LogP contribution is 2.39. The summed E-state index contributed by atoms with van der Waals surface area (Å²) in [4.78, 5) is 20.8. The first-order chi connectivity index (χ1) is 17.0. The van der Waals surface area contributed by atoms with Crippen molar-refractivity contribution in [1.82, 2.24) is 10.3 Å². The fourth-order valence-corrected chi connectivity index (χ4v) is 6.36. The summed E-state index contributed by atoms with van der Waals surface area (Å²) in [6.07, 6.45) is 6.56. The van der Waals surface area contributed by atoms with E-state index in [1.165, 1.54) is 13.1 Å². The Morgan fingerprint density at radius 1 is 1.08 bits per heavy atom. The number of fused-ring (bicyclic) bond motifs is 1. The standard InChI is InChI=1S/C28H37N3O4S/c1-19(32)29-17-23-8-10-25(18-30-23)36(33,34)24-9-7-21-5-6-22(15-20-11-13-35-14-12-20)27(28(2,3)4)31-26(21)16-24/h7-10,16,18,20,22H,5-6,11-15,17H2,1-4H3,(H,29,32). The first-order valence-corrected chi connectivity index (χ1v) is 14.3. The van der Waals surface area contributed by atoms with E-state index in [9.17, 15) is 13.2 Å². The van der Waals surface area contributed by atoms with E-state index in [1.807, 2.05) is 6.07 Å². The molecule has 1 atom stereocenters. The number of nitrogens with one attached hydrogen (secondary N) is 1. The van der Waals surface area contributed by atoms with E-state index < -0.39 is 9.84 Å². The van der Waals surface area contributed by atoms with Gasteiger partial charge in [0.1, 0.15) is 0 Å². The molecule has 1 amide bonds. The Morgan fingerprint density at radius 3 is 2.44 bits per heavy atom. The maximum atomic E-state index is 13.4. The van der Waals surface area contributed by atoms with Crippen LogP contribution in [0.3, 0.4) is 0 Å². The number of aromatic nitrogens is 1. The van der Waals surface area contributed by atoms with Crippen molar-refractivity contribution < 1.29 is 17.9 Å². The number of nitrogens with zero attached hydrogens (tertiary/aromatic N) is 2. The molecule has 1 fully saturated rings. The maximum Gasteiger partial charge on any atom is 0.217 e. The van der Waals surface area contributed by atoms with Crippen LogP contribution < -0.4 is 5.32 Å². The predicted molar refractivity (Wildman–Crippen MR) is 140 cm³/mol. The summed E-state index contributed by atoms with van der Waals surface area (Å²) in [5.74, 6) is 0.860. The maximum absolute atomic E-state index is 13.4. The molecule has 0 spiro atoms. The van der Waals surface area contributed by atoms with E-state index in [0.717, 1.165) is 62.3 Å². The number of amides is 1. The van der Waals surface area contributed by atoms with Crippen LogP contribution in [0.1, 0.15) is 64.6 Å². The number of aryl methyl sites for hydroxylation is 1. The molecule has 0 saturated carbocycles. The topological polar surface area (TPSA) is 97.7 Å². The van der Waals surface area contributed by atoms with Gasteiger partial charge in [0.25, 0.3) is 0 Å². The molecule has 1 aromatic carbocycles. The summed E-state index contributed by atoms with van der Waals surface area (Å²) < 4.78 is 32.4. The van der Waals surface area contributed by atoms with Crippen molar-refractivity contribution in [2.24, 2.45) is 22.2 Å². The van der Waals surface area contributed by atoms with Gasteiger partial charge in [0, 0.05) is 37.5 Å². The molecule has 7 nitrogen and oxygen atoms in total. The number of benzene rings is 1. The quantitative estimate of drug-likeness (QED) is 0.585. The lowest BCUT2D eigenvalue weighted by Crippen LogP contribution is -2.31. The number of hydrogen-bond acceptors (Lipinski definition) is 6. The molecule has 8 heteroatoms. The molecule has 194 valence electrons. The number of ether oxygens (including phenoxy) is 1. The Hall–Kier alpha value is -2.58. The molecule has 0 bridgehead atoms. The lowest BCUT2D eigenvalue weighted by Gasteiger charge is -2.32. The van der Waals surface area contributed by atoms with Crippen molar-refractivity contribution in [2.75, 3.05) is 13.2 Å². The molecule has 0 radical (unpaired) electrons. The van der Waals surface area contributed by atoms with Gasteiger partial charge in [-0.25, -0.2) is 8.42 Å². The lowest BCUT2D eigenvalue weighted by atomic mass is 9.75. The molecule has 2 aliphatic heterocycles. The van der Waals surface area contributed by atoms with Gasteiger partial charge < -0.3 is 10.1 Å². The zero-order valence-electron chi connectivity index (χ0n) is 21.7. The normalized spacial score (nSPS) is 19.2. The van der Waals surface area contributed by atoms with Crippen molar-refractivity contribution in [3.63, 3.8) is 0 Å². The number of pyridine rings is 1. The lowest BCUT2D eigenvalue weighted by molar-refractivity contribution is -0.119. The van der Waals surface area contributed by atoms with Gasteiger partial charge >= 0.3 is 0 Å². The van der Waals surface area contributed by atoms with Crippen molar-refractivity contribution in [3.05, 3.63) is 47.8 Å². The van der Waals surface area contributed by atoms with Gasteiger partial charge in [-0.2, -0.15) is 0 Å². The average molecular weight is 512 g/mol. The smallest absolute Gasteiger partial charge is 0.217 e. The highest BCUT2D eigenvalue weighted by molar-refractivity contribution is 7.91. The molecule has 0 aliphatic carbocycles. The van der Waals surface area contributed by atoms with Crippen LogP contribution in [-0.4, -0.2) is 38.2 Å². The van der Waals surface area contributed by atoms with E-state index in [4.69, 9.17) is 9.73 Å². The minimum Gasteiger partial charge on any atom is -0.381 e. The van der Waals surface area contributed by atoms with Crippen LogP contribution in [0.25, 0.3) is 0 Å². The van der Waals surface area contributed by atoms with E-state index in [2.05, 4.69) is 31.1 Å². The largest absolute Gasteiger partial charge is 0.381 e. The van der Waals surface area contributed by atoms with Gasteiger partial charge in [-0.15, -0.1) is 0 Å². The molecule has 1 aromatic heterocycles. The average Bonchev–Trinajstić information content (AvgIpc) is 3.03. The van der Waals surface area contributed by atoms with Gasteiger partial charge in [0.2, 0.25) is 15.7 Å². The molecule has 1 saturated heterocycles. The molecule has 1 unspecified atom stereocenters. The number of carbonyl (C=O) groups excluding carboxylic acids is 1. The molecular weight excluding hydrogens is 474 g/mol. The van der Waals surface area contributed by atoms with Gasteiger partial charge in [0.15, 0.2) is 0 Å². The summed E-state index contributed by atoms with van der Waals surface area (Å²) in [5.41, 5.74) is 3.49. The fourth-order valence-electron chi connectivity index (χ4n) is 5.13. The SMILES string of the molecule is CC(=O)NCc1ccc(S(=O)(=O)c2ccc3c(c2)N=C(C(C)(C)C)C(CC2CCOCC2)CC3)cn1. The predicted octanol–water partition coefficient (Wildman–Crippen LogP) is 5.05. The van der Waals surface area contributed by atoms with E-state index in [-0.39, 0.29) is 27.7 Å². The molecular formula is C28H37N3O4S. The van der Waals surface area contributed by atoms with E-state index in [0.29, 0.717) is 17.5 Å². The molecule has 1 N–H and O–H groups in total. The number of hydrogen-bond donors (Lipinski definition) is 1. The van der Waals surface area contributed by atoms with E-state index in [1.54, 1.807) is 24.3 Å². The Kier molecular flexibility index (Phi) is 7.95. The molecule has 36 heavy (non-hydrogen) atoms. The van der Waals surface area contributed by atoms with Crippen LogP contribution in [0.4, 0.5) is 5.69 Å². The second kappa shape index (κ2) is 10.8. The van der Waals surface area contributed by atoms with Gasteiger partial charge in [-0.1, -0.05) is 26.8 Å². The monoisotopic (exact) mass is 511 g/mol. The highest BCUT2D eigenvalue weighted by Gasteiger charge is 2.32. The van der Waals surface area contributed by atoms with Gasteiger partial charge in [0.05, 0.1) is 27.7 Å². The van der Waals surface area contributed by atoms with Crippen LogP contribution in [0.15, 0.2) is 51.3 Å². The van der Waals surface area contributed by atoms with Gasteiger partial charge in [-0.05, 0) is 73.8 Å². The first-order valence-electron chi connectivity index (χ1n) is 12.8. The summed E-state index contributed by atoms with van der Waals surface area (Å²) in [6.45, 7) is 9.95. The molecule has 3 heterocycles. The van der Waals surface area contributed by atoms with Crippen molar-refractivity contribution >= 4 is 27.1 Å². The molecule has 2 aromatic rings. The molecule has 2 aliphatic rings. The third-order valence-electron chi connectivity index (χ3n) is 7.11. The minimum absolute atomic E-state index is 0.111. The van der Waals surface area contributed by atoms with Crippen LogP contribution in [0.2, 0.25) is 0 Å². The number of carbonyl (C=O) groups is 1. The Bertz CT molecular complexity index is 1220. The minimum atomic E-state index is -3.75. The van der Waals surface area contributed by atoms with Crippen LogP contribution in [0, 0.1) is 17.3 Å². The first kappa shape index (κ1) is 26.5. The number of sulfone groups is 1. The van der Waals surface area contributed by atoms with Crippen LogP contribution >= 0.6 is 0 Å². The zero-order valence-corrected chi connectivity index (χ0v) is 22.5. The fraction of sp³-hybridized carbons (Fsp3) is 0.536. The van der Waals surface area contributed by atoms with Crippen LogP contribution in [-0.2, 0) is 32.3 Å². The highest BCUT2D eigenvalue weighted by atomic mass is 32.2. The Labute approximate surface area is 214 Å². The summed E-state index contributed by atoms with van der Waals surface area (Å²) in [7, 11) is -3.75. The van der Waals surface area contributed by atoms with Crippen molar-refractivity contribution in [1.29, 1.82) is 0 Å². The Balaban J connectivity index is 1.63. The summed E-state index contributed by atoms with van der Waals surface area (Å²) in [5, 5.41) is 2.67. The van der Waals surface area contributed by atoms with Gasteiger partial charge in [-0.3, -0.25) is 14.8 Å². The second-order valence-electron chi connectivity index (χ2n) is 11.0. The summed E-state index contributed by atoms with van der Waals surface area (Å²) in [6, 6.07) is 8.49. The summed E-state index contributed by atoms with van der Waals surface area (Å²) >= 11 is 0. The number of aliphatic imine (C=N–C) groups is 1. The second-order valence-corrected chi connectivity index (χ2v) is 12.9. The zero-order chi connectivity index (χ0) is 25.9. The third-order valence-corrected chi connectivity index (χ3v) is 8.85. The third kappa shape index (κ3) is 6.21. The van der Waals surface area contributed by atoms with Crippen molar-refractivity contribution in [3.8, 4) is 0 Å².